The van der Waals surface area contributed by atoms with Gasteiger partial charge in [-0.25, -0.2) is 9.96 Å². The number of carbonyl (C=O) groups excluding carboxylic acids is 2. The summed E-state index contributed by atoms with van der Waals surface area (Å²) in [5.41, 5.74) is 3.92. The smallest absolute Gasteiger partial charge is 0.266 e. The fourth-order valence-electron chi connectivity index (χ4n) is 4.51. The van der Waals surface area contributed by atoms with Crippen molar-refractivity contribution < 1.29 is 14.4 Å². The summed E-state index contributed by atoms with van der Waals surface area (Å²) in [7, 11) is 0. The number of para-hydroxylation sites is 1. The highest BCUT2D eigenvalue weighted by Gasteiger charge is 2.60. The Hall–Kier alpha value is -2.86. The summed E-state index contributed by atoms with van der Waals surface area (Å²) in [5, 5.41) is 2.56. The first-order valence-electron chi connectivity index (χ1n) is 10.3. The predicted octanol–water partition coefficient (Wildman–Crippen LogP) is 5.66. The molecule has 5 nitrogen and oxygen atoms in total. The molecule has 3 aromatic rings. The Morgan fingerprint density at radius 2 is 1.66 bits per heavy atom. The average Bonchev–Trinajstić information content (AvgIpc) is 3.24. The second-order valence-corrected chi connectivity index (χ2v) is 8.97. The Kier molecular flexibility index (Phi) is 5.20. The van der Waals surface area contributed by atoms with Crippen molar-refractivity contribution in [1.82, 2.24) is 0 Å². The first kappa shape index (κ1) is 21.0. The summed E-state index contributed by atoms with van der Waals surface area (Å²) < 4.78 is 0. The van der Waals surface area contributed by atoms with Crippen molar-refractivity contribution in [2.45, 2.75) is 26.0 Å². The van der Waals surface area contributed by atoms with Gasteiger partial charge in [-0.15, -0.1) is 0 Å². The van der Waals surface area contributed by atoms with Crippen molar-refractivity contribution in [2.24, 2.45) is 5.92 Å². The molecule has 0 bridgehead atoms. The van der Waals surface area contributed by atoms with E-state index in [-0.39, 0.29) is 11.8 Å². The molecule has 2 saturated heterocycles. The lowest BCUT2D eigenvalue weighted by atomic mass is 9.90. The van der Waals surface area contributed by atoms with Crippen molar-refractivity contribution in [3.63, 3.8) is 0 Å². The molecule has 3 unspecified atom stereocenters. The standard InChI is InChI=1S/C25H20Cl2N2O3/c1-14-6-5-8-17(12-14)28-24(30)21-22(18-11-10-16(26)13-19(18)27)29(32-23(21)25(28)31)20-9-4-3-7-15(20)2/h3-13,21-23H,1-2H3. The van der Waals surface area contributed by atoms with E-state index in [1.54, 1.807) is 29.3 Å². The number of amides is 2. The first-order chi connectivity index (χ1) is 15.4. The van der Waals surface area contributed by atoms with E-state index in [1.165, 1.54) is 4.90 Å². The number of carbonyl (C=O) groups is 2. The highest BCUT2D eigenvalue weighted by molar-refractivity contribution is 6.35. The maximum absolute atomic E-state index is 13.7. The zero-order valence-corrected chi connectivity index (χ0v) is 19.0. The molecule has 0 spiro atoms. The molecule has 3 atom stereocenters. The number of halogens is 2. The molecule has 32 heavy (non-hydrogen) atoms. The molecule has 162 valence electrons. The molecule has 2 aliphatic heterocycles. The van der Waals surface area contributed by atoms with Crippen LogP contribution < -0.4 is 9.96 Å². The van der Waals surface area contributed by atoms with Gasteiger partial charge < -0.3 is 0 Å². The van der Waals surface area contributed by atoms with Gasteiger partial charge in [0.25, 0.3) is 5.91 Å². The van der Waals surface area contributed by atoms with Crippen molar-refractivity contribution in [3.8, 4) is 0 Å². The number of imide groups is 1. The normalized spacial score (nSPS) is 22.6. The Bertz CT molecular complexity index is 1250. The molecule has 3 aromatic carbocycles. The number of hydrogen-bond acceptors (Lipinski definition) is 4. The van der Waals surface area contributed by atoms with Gasteiger partial charge in [0.1, 0.15) is 5.92 Å². The molecule has 2 heterocycles. The molecule has 0 aliphatic carbocycles. The Morgan fingerprint density at radius 1 is 0.875 bits per heavy atom. The van der Waals surface area contributed by atoms with Crippen molar-refractivity contribution in [2.75, 3.05) is 9.96 Å². The van der Waals surface area contributed by atoms with E-state index in [4.69, 9.17) is 28.0 Å². The third-order valence-corrected chi connectivity index (χ3v) is 6.57. The van der Waals surface area contributed by atoms with E-state index < -0.39 is 18.1 Å². The number of nitrogens with zero attached hydrogens (tertiary/aromatic N) is 2. The number of hydroxylamine groups is 1. The second-order valence-electron chi connectivity index (χ2n) is 8.13. The summed E-state index contributed by atoms with van der Waals surface area (Å²) in [5.74, 6) is -1.43. The van der Waals surface area contributed by atoms with E-state index in [9.17, 15) is 9.59 Å². The van der Waals surface area contributed by atoms with Crippen LogP contribution in [0.2, 0.25) is 10.0 Å². The van der Waals surface area contributed by atoms with Crippen LogP contribution in [0.1, 0.15) is 22.7 Å². The molecule has 2 aliphatic rings. The van der Waals surface area contributed by atoms with E-state index >= 15 is 0 Å². The molecular weight excluding hydrogens is 447 g/mol. The fourth-order valence-corrected chi connectivity index (χ4v) is 5.03. The number of fused-ring (bicyclic) bond motifs is 1. The monoisotopic (exact) mass is 466 g/mol. The minimum Gasteiger partial charge on any atom is -0.273 e. The van der Waals surface area contributed by atoms with Gasteiger partial charge in [0, 0.05) is 10.0 Å². The topological polar surface area (TPSA) is 49.9 Å². The number of rotatable bonds is 3. The third kappa shape index (κ3) is 3.28. The Labute approximate surface area is 196 Å². The molecule has 2 fully saturated rings. The van der Waals surface area contributed by atoms with Gasteiger partial charge in [-0.2, -0.15) is 0 Å². The minimum absolute atomic E-state index is 0.308. The maximum Gasteiger partial charge on any atom is 0.266 e. The zero-order chi connectivity index (χ0) is 22.6. The zero-order valence-electron chi connectivity index (χ0n) is 17.5. The van der Waals surface area contributed by atoms with Gasteiger partial charge in [0.2, 0.25) is 5.91 Å². The van der Waals surface area contributed by atoms with Gasteiger partial charge in [0.05, 0.1) is 17.4 Å². The van der Waals surface area contributed by atoms with Crippen LogP contribution in [-0.4, -0.2) is 17.9 Å². The second kappa shape index (κ2) is 7.93. The predicted molar refractivity (Wildman–Crippen MR) is 125 cm³/mol. The van der Waals surface area contributed by atoms with E-state index in [1.807, 2.05) is 56.3 Å². The van der Waals surface area contributed by atoms with Crippen LogP contribution in [0.4, 0.5) is 11.4 Å². The molecule has 0 radical (unpaired) electrons. The van der Waals surface area contributed by atoms with Crippen LogP contribution in [0, 0.1) is 19.8 Å². The molecule has 2 amide bonds. The SMILES string of the molecule is Cc1cccc(N2C(=O)C3ON(c4ccccc4C)C(c4ccc(Cl)cc4Cl)C3C2=O)c1. The van der Waals surface area contributed by atoms with E-state index in [0.29, 0.717) is 21.3 Å². The molecule has 0 aromatic heterocycles. The lowest BCUT2D eigenvalue weighted by Crippen LogP contribution is -2.37. The number of anilines is 2. The molecule has 0 saturated carbocycles. The largest absolute Gasteiger partial charge is 0.273 e. The van der Waals surface area contributed by atoms with Crippen LogP contribution >= 0.6 is 23.2 Å². The highest BCUT2D eigenvalue weighted by Crippen LogP contribution is 2.49. The fraction of sp³-hybridized carbons (Fsp3) is 0.200. The van der Waals surface area contributed by atoms with Gasteiger partial charge in [-0.1, -0.05) is 59.6 Å². The van der Waals surface area contributed by atoms with Crippen molar-refractivity contribution in [1.29, 1.82) is 0 Å². The lowest BCUT2D eigenvalue weighted by molar-refractivity contribution is -0.126. The van der Waals surface area contributed by atoms with Crippen molar-refractivity contribution >= 4 is 46.4 Å². The number of benzene rings is 3. The number of hydrogen-bond donors (Lipinski definition) is 0. The number of aryl methyl sites for hydroxylation is 2. The average molecular weight is 467 g/mol. The Morgan fingerprint density at radius 3 is 2.38 bits per heavy atom. The summed E-state index contributed by atoms with van der Waals surface area (Å²) in [6.07, 6.45) is -0.945. The van der Waals surface area contributed by atoms with Crippen LogP contribution in [0.3, 0.4) is 0 Å². The minimum atomic E-state index is -0.945. The molecule has 7 heteroatoms. The lowest BCUT2D eigenvalue weighted by Gasteiger charge is -2.30. The van der Waals surface area contributed by atoms with Crippen molar-refractivity contribution in [3.05, 3.63) is 93.5 Å². The highest BCUT2D eigenvalue weighted by atomic mass is 35.5. The maximum atomic E-state index is 13.7. The van der Waals surface area contributed by atoms with E-state index in [2.05, 4.69) is 0 Å². The van der Waals surface area contributed by atoms with Crippen LogP contribution in [0.15, 0.2) is 66.7 Å². The van der Waals surface area contributed by atoms with Gasteiger partial charge in [-0.3, -0.25) is 14.4 Å². The summed E-state index contributed by atoms with van der Waals surface area (Å²) >= 11 is 12.7. The molecular formula is C25H20Cl2N2O3. The van der Waals surface area contributed by atoms with Gasteiger partial charge in [0.15, 0.2) is 6.10 Å². The Balaban J connectivity index is 1.64. The quantitative estimate of drug-likeness (QED) is 0.467. The molecule has 5 rings (SSSR count). The van der Waals surface area contributed by atoms with Gasteiger partial charge in [-0.05, 0) is 60.9 Å². The van der Waals surface area contributed by atoms with E-state index in [0.717, 1.165) is 16.8 Å². The third-order valence-electron chi connectivity index (χ3n) is 6.01. The van der Waals surface area contributed by atoms with Crippen LogP contribution in [-0.2, 0) is 14.4 Å². The first-order valence-corrected chi connectivity index (χ1v) is 11.0. The summed E-state index contributed by atoms with van der Waals surface area (Å²) in [6, 6.07) is 19.6. The summed E-state index contributed by atoms with van der Waals surface area (Å²) in [6.45, 7) is 3.87. The van der Waals surface area contributed by atoms with Crippen LogP contribution in [0.5, 0.6) is 0 Å². The van der Waals surface area contributed by atoms with Crippen LogP contribution in [0.25, 0.3) is 0 Å². The summed E-state index contributed by atoms with van der Waals surface area (Å²) in [4.78, 5) is 34.5. The molecule has 0 N–H and O–H groups in total. The van der Waals surface area contributed by atoms with Gasteiger partial charge >= 0.3 is 0 Å².